The third-order valence-electron chi connectivity index (χ3n) is 6.13. The molecule has 1 heterocycles. The van der Waals surface area contributed by atoms with Crippen molar-refractivity contribution in [2.24, 2.45) is 11.8 Å². The van der Waals surface area contributed by atoms with Gasteiger partial charge < -0.3 is 14.4 Å². The Balaban J connectivity index is 1.45. The molecule has 2 aromatic rings. The molecular weight excluding hydrogens is 373 g/mol. The van der Waals surface area contributed by atoms with Crippen LogP contribution in [-0.2, 0) is 11.3 Å². The molecule has 138 valence electrons. The van der Waals surface area contributed by atoms with Crippen molar-refractivity contribution in [1.82, 2.24) is 5.16 Å². The van der Waals surface area contributed by atoms with Crippen LogP contribution in [0.4, 0.5) is 0 Å². The Kier molecular flexibility index (Phi) is 4.28. The molecule has 1 aromatic heterocycles. The number of aliphatic hydroxyl groups excluding tert-OH is 1. The van der Waals surface area contributed by atoms with Crippen molar-refractivity contribution in [3.63, 3.8) is 0 Å². The van der Waals surface area contributed by atoms with Gasteiger partial charge in [0, 0.05) is 23.0 Å². The number of hydrogen-bond acceptors (Lipinski definition) is 4. The maximum Gasteiger partial charge on any atom is 0.145 e. The van der Waals surface area contributed by atoms with Gasteiger partial charge in [-0.05, 0) is 50.2 Å². The Bertz CT molecular complexity index is 812. The van der Waals surface area contributed by atoms with Crippen molar-refractivity contribution in [2.75, 3.05) is 0 Å². The predicted octanol–water partition coefficient (Wildman–Crippen LogP) is 5.20. The third-order valence-corrected chi connectivity index (χ3v) is 6.76. The van der Waals surface area contributed by atoms with E-state index < -0.39 is 0 Å². The van der Waals surface area contributed by atoms with E-state index in [0.717, 1.165) is 43.4 Å². The summed E-state index contributed by atoms with van der Waals surface area (Å²) >= 11 is 12.8. The summed E-state index contributed by atoms with van der Waals surface area (Å²) in [5.74, 6) is 2.18. The number of ether oxygens (including phenoxy) is 1. The first-order valence-electron chi connectivity index (χ1n) is 9.34. The van der Waals surface area contributed by atoms with Crippen molar-refractivity contribution in [2.45, 2.75) is 56.8 Å². The van der Waals surface area contributed by atoms with Gasteiger partial charge in [0.15, 0.2) is 0 Å². The highest BCUT2D eigenvalue weighted by atomic mass is 35.5. The first-order chi connectivity index (χ1) is 12.6. The standard InChI is InChI=1S/C20H21Cl2NO3/c21-14-2-1-3-15(22)18(14)19-13(20(26-23-19)11-4-5-11)9-25-17-8-10-6-12(17)16(24)7-10/h1-3,10-12,16-17,24H,4-9H2/t10-,12+,16+,17+/m1/s1. The van der Waals surface area contributed by atoms with Crippen LogP contribution < -0.4 is 0 Å². The van der Waals surface area contributed by atoms with Crippen LogP contribution >= 0.6 is 23.2 Å². The van der Waals surface area contributed by atoms with Crippen LogP contribution in [-0.4, -0.2) is 22.5 Å². The van der Waals surface area contributed by atoms with Gasteiger partial charge in [-0.15, -0.1) is 0 Å². The summed E-state index contributed by atoms with van der Waals surface area (Å²) in [7, 11) is 0. The Morgan fingerprint density at radius 2 is 1.92 bits per heavy atom. The molecule has 3 aliphatic rings. The summed E-state index contributed by atoms with van der Waals surface area (Å²) < 4.78 is 12.0. The van der Waals surface area contributed by atoms with Gasteiger partial charge in [-0.1, -0.05) is 34.4 Å². The summed E-state index contributed by atoms with van der Waals surface area (Å²) in [4.78, 5) is 0. The Morgan fingerprint density at radius 3 is 2.58 bits per heavy atom. The van der Waals surface area contributed by atoms with E-state index in [1.165, 1.54) is 0 Å². The van der Waals surface area contributed by atoms with Crippen LogP contribution in [0.15, 0.2) is 22.7 Å². The average Bonchev–Trinajstić information content (AvgIpc) is 3.09. The number of nitrogens with zero attached hydrogens (tertiary/aromatic N) is 1. The largest absolute Gasteiger partial charge is 0.393 e. The molecule has 4 atom stereocenters. The first-order valence-corrected chi connectivity index (χ1v) is 10.1. The smallest absolute Gasteiger partial charge is 0.145 e. The van der Waals surface area contributed by atoms with Gasteiger partial charge in [0.1, 0.15) is 11.5 Å². The van der Waals surface area contributed by atoms with Crippen LogP contribution in [0.2, 0.25) is 10.0 Å². The molecule has 3 fully saturated rings. The van der Waals surface area contributed by atoms with Crippen LogP contribution in [0.1, 0.15) is 49.3 Å². The third kappa shape index (κ3) is 2.88. The van der Waals surface area contributed by atoms with Crippen molar-refractivity contribution < 1.29 is 14.4 Å². The van der Waals surface area contributed by atoms with E-state index in [2.05, 4.69) is 5.16 Å². The fourth-order valence-corrected chi connectivity index (χ4v) is 5.26. The monoisotopic (exact) mass is 393 g/mol. The molecule has 4 nitrogen and oxygen atoms in total. The van der Waals surface area contributed by atoms with Gasteiger partial charge in [0.05, 0.1) is 28.9 Å². The zero-order valence-electron chi connectivity index (χ0n) is 14.3. The number of hydrogen-bond donors (Lipinski definition) is 1. The second-order valence-corrected chi connectivity index (χ2v) is 8.71. The molecule has 3 aliphatic carbocycles. The molecule has 3 saturated carbocycles. The SMILES string of the molecule is O[C@H]1C[C@H]2C[C@@H]1[C@@H](OCc1c(-c3c(Cl)cccc3Cl)noc1C1CC1)C2. The topological polar surface area (TPSA) is 55.5 Å². The fraction of sp³-hybridized carbons (Fsp3) is 0.550. The van der Waals surface area contributed by atoms with Gasteiger partial charge in [-0.2, -0.15) is 0 Å². The summed E-state index contributed by atoms with van der Waals surface area (Å²) in [6.07, 6.45) is 5.16. The number of halogens is 2. The number of aromatic nitrogens is 1. The van der Waals surface area contributed by atoms with Gasteiger partial charge in [0.25, 0.3) is 0 Å². The highest BCUT2D eigenvalue weighted by molar-refractivity contribution is 6.39. The van der Waals surface area contributed by atoms with E-state index in [-0.39, 0.29) is 18.1 Å². The van der Waals surface area contributed by atoms with E-state index in [4.69, 9.17) is 32.5 Å². The Morgan fingerprint density at radius 1 is 1.15 bits per heavy atom. The van der Waals surface area contributed by atoms with E-state index in [1.807, 2.05) is 18.2 Å². The molecule has 2 bridgehead atoms. The minimum atomic E-state index is -0.221. The van der Waals surface area contributed by atoms with Crippen LogP contribution in [0, 0.1) is 11.8 Å². The molecule has 0 aliphatic heterocycles. The van der Waals surface area contributed by atoms with E-state index >= 15 is 0 Å². The predicted molar refractivity (Wildman–Crippen MR) is 99.3 cm³/mol. The van der Waals surface area contributed by atoms with Crippen LogP contribution in [0.3, 0.4) is 0 Å². The maximum atomic E-state index is 10.2. The fourth-order valence-electron chi connectivity index (χ4n) is 4.68. The lowest BCUT2D eigenvalue weighted by molar-refractivity contribution is -0.0393. The minimum absolute atomic E-state index is 0.111. The zero-order chi connectivity index (χ0) is 17.8. The molecular formula is C20H21Cl2NO3. The first kappa shape index (κ1) is 17.1. The van der Waals surface area contributed by atoms with Gasteiger partial charge in [-0.25, -0.2) is 0 Å². The summed E-state index contributed by atoms with van der Waals surface area (Å²) in [6.45, 7) is 0.423. The van der Waals surface area contributed by atoms with Gasteiger partial charge in [-0.3, -0.25) is 0 Å². The summed E-state index contributed by atoms with van der Waals surface area (Å²) in [6, 6.07) is 5.44. The second-order valence-electron chi connectivity index (χ2n) is 7.90. The summed E-state index contributed by atoms with van der Waals surface area (Å²) in [5, 5.41) is 15.6. The number of fused-ring (bicyclic) bond motifs is 2. The molecule has 0 unspecified atom stereocenters. The molecule has 6 heteroatoms. The zero-order valence-corrected chi connectivity index (χ0v) is 15.8. The normalized spacial score (nSPS) is 30.3. The van der Waals surface area contributed by atoms with Crippen molar-refractivity contribution in [3.05, 3.63) is 39.6 Å². The van der Waals surface area contributed by atoms with E-state index in [1.54, 1.807) is 0 Å². The quantitative estimate of drug-likeness (QED) is 0.757. The molecule has 0 amide bonds. The van der Waals surface area contributed by atoms with E-state index in [9.17, 15) is 5.11 Å². The number of aliphatic hydroxyl groups is 1. The Labute approximate surface area is 162 Å². The lowest BCUT2D eigenvalue weighted by Crippen LogP contribution is -2.30. The average molecular weight is 394 g/mol. The minimum Gasteiger partial charge on any atom is -0.393 e. The van der Waals surface area contributed by atoms with Crippen LogP contribution in [0.5, 0.6) is 0 Å². The maximum absolute atomic E-state index is 10.2. The summed E-state index contributed by atoms with van der Waals surface area (Å²) in [5.41, 5.74) is 2.35. The van der Waals surface area contributed by atoms with Crippen molar-refractivity contribution in [1.29, 1.82) is 0 Å². The number of benzene rings is 1. The van der Waals surface area contributed by atoms with Gasteiger partial charge >= 0.3 is 0 Å². The van der Waals surface area contributed by atoms with Crippen molar-refractivity contribution >= 4 is 23.2 Å². The number of rotatable bonds is 5. The molecule has 26 heavy (non-hydrogen) atoms. The lowest BCUT2D eigenvalue weighted by atomic mass is 9.95. The highest BCUT2D eigenvalue weighted by Crippen LogP contribution is 2.48. The molecule has 0 saturated heterocycles. The molecule has 0 spiro atoms. The molecule has 1 N–H and O–H groups in total. The molecule has 5 rings (SSSR count). The Hall–Kier alpha value is -1.07. The van der Waals surface area contributed by atoms with Crippen molar-refractivity contribution in [3.8, 4) is 11.3 Å². The lowest BCUT2D eigenvalue weighted by Gasteiger charge is -2.26. The van der Waals surface area contributed by atoms with E-state index in [0.29, 0.717) is 39.7 Å². The molecule has 0 radical (unpaired) electrons. The second kappa shape index (κ2) is 6.52. The van der Waals surface area contributed by atoms with Crippen LogP contribution in [0.25, 0.3) is 11.3 Å². The van der Waals surface area contributed by atoms with Gasteiger partial charge in [0.2, 0.25) is 0 Å². The molecule has 1 aromatic carbocycles. The highest BCUT2D eigenvalue weighted by Gasteiger charge is 2.46.